The lowest BCUT2D eigenvalue weighted by molar-refractivity contribution is -0.138. The Bertz CT molecular complexity index is 703. The molecule has 0 atom stereocenters. The van der Waals surface area contributed by atoms with E-state index in [0.717, 1.165) is 18.6 Å². The molecule has 0 N–H and O–H groups in total. The van der Waals surface area contributed by atoms with Crippen LogP contribution in [0.4, 0.5) is 13.2 Å². The van der Waals surface area contributed by atoms with E-state index in [2.05, 4.69) is 19.0 Å². The summed E-state index contributed by atoms with van der Waals surface area (Å²) in [4.78, 5) is 19.9. The van der Waals surface area contributed by atoms with Gasteiger partial charge in [0, 0.05) is 38.8 Å². The Morgan fingerprint density at radius 3 is 2.41 bits per heavy atom. The normalized spacial score (nSPS) is 19.3. The minimum atomic E-state index is -4.34. The number of hydrogen-bond donors (Lipinski definition) is 0. The van der Waals surface area contributed by atoms with E-state index in [-0.39, 0.29) is 5.91 Å². The highest BCUT2D eigenvalue weighted by Crippen LogP contribution is 2.37. The lowest BCUT2D eigenvalue weighted by atomic mass is 9.85. The maximum Gasteiger partial charge on any atom is 0.416 e. The molecule has 2 aliphatic heterocycles. The largest absolute Gasteiger partial charge is 0.416 e. The van der Waals surface area contributed by atoms with Gasteiger partial charge in [-0.1, -0.05) is 31.1 Å². The number of benzene rings is 1. The van der Waals surface area contributed by atoms with Crippen LogP contribution in [0, 0.1) is 5.92 Å². The molecule has 1 aromatic rings. The van der Waals surface area contributed by atoms with Gasteiger partial charge in [0.25, 0.3) is 0 Å². The highest BCUT2D eigenvalue weighted by atomic mass is 19.4. The number of carbonyl (C=O) groups is 1. The summed E-state index contributed by atoms with van der Waals surface area (Å²) in [5.74, 6) is 0.684. The number of hydrogen-bond acceptors (Lipinski definition) is 3. The van der Waals surface area contributed by atoms with Crippen LogP contribution in [0.2, 0.25) is 0 Å². The van der Waals surface area contributed by atoms with Gasteiger partial charge < -0.3 is 9.74 Å². The zero-order valence-corrected chi connectivity index (χ0v) is 15.7. The third-order valence-corrected chi connectivity index (χ3v) is 5.35. The van der Waals surface area contributed by atoms with Gasteiger partial charge in [0.1, 0.15) is 5.60 Å². The van der Waals surface area contributed by atoms with Crippen LogP contribution in [0.1, 0.15) is 57.1 Å². The Labute approximate surface area is 157 Å². The monoisotopic (exact) mass is 382 g/mol. The van der Waals surface area contributed by atoms with Crippen LogP contribution < -0.4 is 0 Å². The van der Waals surface area contributed by atoms with Crippen molar-refractivity contribution in [2.75, 3.05) is 13.1 Å². The molecule has 1 amide bonds. The second-order valence-electron chi connectivity index (χ2n) is 7.88. The molecular weight excluding hydrogens is 357 g/mol. The van der Waals surface area contributed by atoms with Crippen molar-refractivity contribution in [3.05, 3.63) is 35.4 Å². The molecule has 1 saturated heterocycles. The highest BCUT2D eigenvalue weighted by Gasteiger charge is 2.43. The zero-order valence-electron chi connectivity index (χ0n) is 15.7. The Balaban J connectivity index is 1.56. The molecule has 1 fully saturated rings. The quantitative estimate of drug-likeness (QED) is 0.762. The molecule has 2 aliphatic rings. The molecule has 1 aromatic carbocycles. The number of amides is 1. The summed E-state index contributed by atoms with van der Waals surface area (Å²) >= 11 is 0. The predicted octanol–water partition coefficient (Wildman–Crippen LogP) is 4.63. The standard InChI is InChI=1S/C20H25F3N2O2/c1-14(2)3-8-18(26)25-11-9-19(10-12-25)13-17(24-27-19)15-4-6-16(7-5-15)20(21,22)23/h4-7,14H,3,8-13H2,1-2H3. The number of piperidine rings is 1. The van der Waals surface area contributed by atoms with Crippen molar-refractivity contribution < 1.29 is 22.8 Å². The molecule has 0 saturated carbocycles. The van der Waals surface area contributed by atoms with Gasteiger partial charge in [-0.05, 0) is 30.0 Å². The first-order chi connectivity index (χ1) is 12.7. The Morgan fingerprint density at radius 2 is 1.85 bits per heavy atom. The van der Waals surface area contributed by atoms with Gasteiger partial charge in [-0.25, -0.2) is 0 Å². The van der Waals surface area contributed by atoms with Crippen LogP contribution in [0.3, 0.4) is 0 Å². The van der Waals surface area contributed by atoms with Crippen molar-refractivity contribution in [2.45, 2.75) is 57.7 Å². The van der Waals surface area contributed by atoms with E-state index in [4.69, 9.17) is 4.84 Å². The van der Waals surface area contributed by atoms with Crippen molar-refractivity contribution in [2.24, 2.45) is 11.1 Å². The number of likely N-dealkylation sites (tertiary alicyclic amines) is 1. The van der Waals surface area contributed by atoms with E-state index >= 15 is 0 Å². The second kappa shape index (κ2) is 7.52. The fraction of sp³-hybridized carbons (Fsp3) is 0.600. The molecule has 4 nitrogen and oxygen atoms in total. The topological polar surface area (TPSA) is 41.9 Å². The summed E-state index contributed by atoms with van der Waals surface area (Å²) < 4.78 is 38.1. The predicted molar refractivity (Wildman–Crippen MR) is 96.3 cm³/mol. The van der Waals surface area contributed by atoms with E-state index in [1.807, 2.05) is 4.90 Å². The lowest BCUT2D eigenvalue weighted by Crippen LogP contribution is -2.46. The van der Waals surface area contributed by atoms with Gasteiger partial charge in [0.15, 0.2) is 0 Å². The van der Waals surface area contributed by atoms with Gasteiger partial charge in [-0.2, -0.15) is 13.2 Å². The third kappa shape index (κ3) is 4.62. The Kier molecular flexibility index (Phi) is 5.49. The summed E-state index contributed by atoms with van der Waals surface area (Å²) in [6.07, 6.45) is -0.950. The van der Waals surface area contributed by atoms with Crippen molar-refractivity contribution in [3.8, 4) is 0 Å². The summed E-state index contributed by atoms with van der Waals surface area (Å²) in [6, 6.07) is 5.01. The van der Waals surface area contributed by atoms with Crippen LogP contribution in [-0.4, -0.2) is 35.2 Å². The van der Waals surface area contributed by atoms with Crippen LogP contribution in [0.25, 0.3) is 0 Å². The number of nitrogens with zero attached hydrogens (tertiary/aromatic N) is 2. The van der Waals surface area contributed by atoms with Crippen molar-refractivity contribution in [3.63, 3.8) is 0 Å². The Hall–Kier alpha value is -2.05. The zero-order chi connectivity index (χ0) is 19.7. The van der Waals surface area contributed by atoms with E-state index < -0.39 is 17.3 Å². The smallest absolute Gasteiger partial charge is 0.388 e. The average molecular weight is 382 g/mol. The van der Waals surface area contributed by atoms with E-state index in [1.165, 1.54) is 12.1 Å². The first-order valence-corrected chi connectivity index (χ1v) is 9.39. The maximum atomic E-state index is 12.7. The lowest BCUT2D eigenvalue weighted by Gasteiger charge is -2.37. The molecular formula is C20H25F3N2O2. The summed E-state index contributed by atoms with van der Waals surface area (Å²) in [6.45, 7) is 5.47. The molecule has 0 radical (unpaired) electrons. The van der Waals surface area contributed by atoms with Crippen LogP contribution in [0.15, 0.2) is 29.4 Å². The number of halogens is 3. The van der Waals surface area contributed by atoms with Crippen LogP contribution in [-0.2, 0) is 15.8 Å². The highest BCUT2D eigenvalue weighted by molar-refractivity contribution is 6.01. The van der Waals surface area contributed by atoms with Gasteiger partial charge in [-0.3, -0.25) is 4.79 Å². The van der Waals surface area contributed by atoms with Gasteiger partial charge in [-0.15, -0.1) is 0 Å². The van der Waals surface area contributed by atoms with Gasteiger partial charge in [0.05, 0.1) is 11.3 Å². The molecule has 1 spiro atoms. The fourth-order valence-corrected chi connectivity index (χ4v) is 3.53. The van der Waals surface area contributed by atoms with Crippen molar-refractivity contribution >= 4 is 11.6 Å². The minimum Gasteiger partial charge on any atom is -0.388 e. The molecule has 27 heavy (non-hydrogen) atoms. The van der Waals surface area contributed by atoms with Gasteiger partial charge >= 0.3 is 6.18 Å². The molecule has 7 heteroatoms. The van der Waals surface area contributed by atoms with Crippen molar-refractivity contribution in [1.82, 2.24) is 4.90 Å². The molecule has 0 aromatic heterocycles. The van der Waals surface area contributed by atoms with Crippen LogP contribution >= 0.6 is 0 Å². The number of alkyl halides is 3. The molecule has 2 heterocycles. The van der Waals surface area contributed by atoms with Crippen molar-refractivity contribution in [1.29, 1.82) is 0 Å². The summed E-state index contributed by atoms with van der Waals surface area (Å²) in [5, 5.41) is 4.14. The van der Waals surface area contributed by atoms with Gasteiger partial charge in [0.2, 0.25) is 5.91 Å². The van der Waals surface area contributed by atoms with E-state index in [0.29, 0.717) is 56.0 Å². The van der Waals surface area contributed by atoms with E-state index in [1.54, 1.807) is 0 Å². The first kappa shape index (κ1) is 19.7. The number of rotatable bonds is 4. The molecule has 3 rings (SSSR count). The average Bonchev–Trinajstić information content (AvgIpc) is 3.03. The first-order valence-electron chi connectivity index (χ1n) is 9.39. The molecule has 148 valence electrons. The maximum absolute atomic E-state index is 12.7. The summed E-state index contributed by atoms with van der Waals surface area (Å²) in [7, 11) is 0. The molecule has 0 aliphatic carbocycles. The van der Waals surface area contributed by atoms with E-state index in [9.17, 15) is 18.0 Å². The number of carbonyl (C=O) groups excluding carboxylic acids is 1. The third-order valence-electron chi connectivity index (χ3n) is 5.35. The second-order valence-corrected chi connectivity index (χ2v) is 7.88. The molecule has 0 bridgehead atoms. The fourth-order valence-electron chi connectivity index (χ4n) is 3.53. The minimum absolute atomic E-state index is 0.181. The van der Waals surface area contributed by atoms with Crippen LogP contribution in [0.5, 0.6) is 0 Å². The number of oxime groups is 1. The Morgan fingerprint density at radius 1 is 1.22 bits per heavy atom. The SMILES string of the molecule is CC(C)CCC(=O)N1CCC2(CC1)CC(c1ccc(C(F)(F)F)cc1)=NO2. The molecule has 0 unspecified atom stereocenters. The summed E-state index contributed by atoms with van der Waals surface area (Å²) in [5.41, 5.74) is 0.208.